The molecule has 1 N–H and O–H groups in total. The molecule has 0 bridgehead atoms. The minimum Gasteiger partial charge on any atom is -0.462 e. The van der Waals surface area contributed by atoms with Crippen LogP contribution < -0.4 is 5.32 Å². The molecule has 8 nitrogen and oxygen atoms in total. The average molecular weight is 424 g/mol. The van der Waals surface area contributed by atoms with Crippen LogP contribution in [-0.2, 0) is 4.74 Å². The van der Waals surface area contributed by atoms with Gasteiger partial charge < -0.3 is 10.1 Å². The summed E-state index contributed by atoms with van der Waals surface area (Å²) in [4.78, 5) is 26.7. The van der Waals surface area contributed by atoms with Crippen molar-refractivity contribution in [1.29, 1.82) is 0 Å². The number of para-hydroxylation sites is 3. The standard InChI is InChI=1S/C24H20N6O2/c1-3-32-24(31)17-14-25-30(21-13-12-16-8-4-5-9-18(16)27-21)23(17)29-22-15(2)26-19-10-6-7-11-20(19)28-22/h4-14H,3H2,1-2H3,(H,28,29). The first-order chi connectivity index (χ1) is 15.6. The highest BCUT2D eigenvalue weighted by Crippen LogP contribution is 2.27. The van der Waals surface area contributed by atoms with E-state index >= 15 is 0 Å². The van der Waals surface area contributed by atoms with Crippen molar-refractivity contribution in [3.8, 4) is 5.82 Å². The summed E-state index contributed by atoms with van der Waals surface area (Å²) in [6, 6.07) is 19.3. The Morgan fingerprint density at radius 2 is 1.66 bits per heavy atom. The van der Waals surface area contributed by atoms with Crippen LogP contribution in [0.1, 0.15) is 23.0 Å². The molecule has 0 amide bonds. The van der Waals surface area contributed by atoms with E-state index in [0.717, 1.165) is 21.9 Å². The molecule has 32 heavy (non-hydrogen) atoms. The van der Waals surface area contributed by atoms with Crippen molar-refractivity contribution in [3.05, 3.63) is 78.1 Å². The minimum atomic E-state index is -0.478. The van der Waals surface area contributed by atoms with Gasteiger partial charge in [0, 0.05) is 5.39 Å². The molecule has 0 aliphatic heterocycles. The maximum atomic E-state index is 12.6. The number of pyridine rings is 1. The molecular formula is C24H20N6O2. The molecule has 3 aromatic heterocycles. The summed E-state index contributed by atoms with van der Waals surface area (Å²) in [7, 11) is 0. The highest BCUT2D eigenvalue weighted by Gasteiger charge is 2.22. The number of hydrogen-bond donors (Lipinski definition) is 1. The molecular weight excluding hydrogens is 404 g/mol. The molecule has 2 aromatic carbocycles. The molecule has 8 heteroatoms. The van der Waals surface area contributed by atoms with Crippen LogP contribution in [0.15, 0.2) is 66.9 Å². The molecule has 0 saturated heterocycles. The fourth-order valence-electron chi connectivity index (χ4n) is 3.49. The fraction of sp³-hybridized carbons (Fsp3) is 0.125. The van der Waals surface area contributed by atoms with Gasteiger partial charge in [-0.2, -0.15) is 9.78 Å². The Morgan fingerprint density at radius 3 is 2.44 bits per heavy atom. The van der Waals surface area contributed by atoms with E-state index in [9.17, 15) is 4.79 Å². The van der Waals surface area contributed by atoms with Crippen LogP contribution in [0.5, 0.6) is 0 Å². The summed E-state index contributed by atoms with van der Waals surface area (Å²) in [5, 5.41) is 8.69. The maximum absolute atomic E-state index is 12.6. The van der Waals surface area contributed by atoms with Gasteiger partial charge in [-0.15, -0.1) is 0 Å². The molecule has 0 unspecified atom stereocenters. The SMILES string of the molecule is CCOC(=O)c1cnn(-c2ccc3ccccc3n2)c1Nc1nc2ccccc2nc1C. The second kappa shape index (κ2) is 8.07. The van der Waals surface area contributed by atoms with Gasteiger partial charge in [0.2, 0.25) is 0 Å². The number of aromatic nitrogens is 5. The smallest absolute Gasteiger partial charge is 0.343 e. The topological polar surface area (TPSA) is 94.8 Å². The number of nitrogens with zero attached hydrogens (tertiary/aromatic N) is 5. The van der Waals surface area contributed by atoms with Crippen molar-refractivity contribution in [3.63, 3.8) is 0 Å². The molecule has 0 saturated carbocycles. The second-order valence-electron chi connectivity index (χ2n) is 7.17. The Balaban J connectivity index is 1.64. The number of anilines is 2. The van der Waals surface area contributed by atoms with E-state index < -0.39 is 5.97 Å². The molecule has 0 aliphatic carbocycles. The van der Waals surface area contributed by atoms with Crippen LogP contribution in [0.4, 0.5) is 11.6 Å². The lowest BCUT2D eigenvalue weighted by Gasteiger charge is -2.13. The second-order valence-corrected chi connectivity index (χ2v) is 7.17. The van der Waals surface area contributed by atoms with Crippen molar-refractivity contribution in [1.82, 2.24) is 24.7 Å². The van der Waals surface area contributed by atoms with Crippen LogP contribution >= 0.6 is 0 Å². The number of carbonyl (C=O) groups is 1. The van der Waals surface area contributed by atoms with Gasteiger partial charge in [-0.25, -0.2) is 19.7 Å². The largest absolute Gasteiger partial charge is 0.462 e. The average Bonchev–Trinajstić information content (AvgIpc) is 3.23. The molecule has 0 fully saturated rings. The number of carbonyl (C=O) groups excluding carboxylic acids is 1. The Bertz CT molecular complexity index is 1460. The monoisotopic (exact) mass is 424 g/mol. The lowest BCUT2D eigenvalue weighted by Crippen LogP contribution is -2.11. The molecule has 0 atom stereocenters. The summed E-state index contributed by atoms with van der Waals surface area (Å²) in [5.74, 6) is 1.03. The van der Waals surface area contributed by atoms with E-state index in [-0.39, 0.29) is 12.2 Å². The molecule has 3 heterocycles. The number of hydrogen-bond acceptors (Lipinski definition) is 7. The number of fused-ring (bicyclic) bond motifs is 2. The first-order valence-electron chi connectivity index (χ1n) is 10.3. The van der Waals surface area contributed by atoms with Crippen molar-refractivity contribution < 1.29 is 9.53 Å². The third-order valence-electron chi connectivity index (χ3n) is 5.05. The number of esters is 1. The Hall–Kier alpha value is -4.33. The van der Waals surface area contributed by atoms with Crippen LogP contribution in [0.2, 0.25) is 0 Å². The van der Waals surface area contributed by atoms with Gasteiger partial charge in [-0.1, -0.05) is 30.3 Å². The van der Waals surface area contributed by atoms with E-state index in [0.29, 0.717) is 23.1 Å². The van der Waals surface area contributed by atoms with Gasteiger partial charge in [0.1, 0.15) is 5.56 Å². The number of aryl methyl sites for hydroxylation is 1. The van der Waals surface area contributed by atoms with Crippen LogP contribution in [0.25, 0.3) is 27.8 Å². The van der Waals surface area contributed by atoms with Crippen LogP contribution in [0.3, 0.4) is 0 Å². The number of nitrogens with one attached hydrogen (secondary N) is 1. The van der Waals surface area contributed by atoms with Crippen molar-refractivity contribution >= 4 is 39.5 Å². The van der Waals surface area contributed by atoms with Crippen LogP contribution in [-0.4, -0.2) is 37.3 Å². The van der Waals surface area contributed by atoms with Crippen molar-refractivity contribution in [2.75, 3.05) is 11.9 Å². The van der Waals surface area contributed by atoms with Gasteiger partial charge in [0.05, 0.1) is 35.0 Å². The molecule has 0 radical (unpaired) electrons. The highest BCUT2D eigenvalue weighted by atomic mass is 16.5. The quantitative estimate of drug-likeness (QED) is 0.412. The number of rotatable bonds is 5. The van der Waals surface area contributed by atoms with Crippen LogP contribution in [0, 0.1) is 6.92 Å². The summed E-state index contributed by atoms with van der Waals surface area (Å²) in [6.07, 6.45) is 1.47. The summed E-state index contributed by atoms with van der Waals surface area (Å²) in [6.45, 7) is 3.88. The molecule has 5 aromatic rings. The van der Waals surface area contributed by atoms with E-state index in [1.54, 1.807) is 11.6 Å². The predicted molar refractivity (Wildman–Crippen MR) is 122 cm³/mol. The van der Waals surface area contributed by atoms with Gasteiger partial charge in [-0.05, 0) is 44.2 Å². The van der Waals surface area contributed by atoms with Gasteiger partial charge in [0.25, 0.3) is 0 Å². The highest BCUT2D eigenvalue weighted by molar-refractivity contribution is 5.96. The lowest BCUT2D eigenvalue weighted by molar-refractivity contribution is 0.0527. The van der Waals surface area contributed by atoms with E-state index in [1.807, 2.05) is 67.6 Å². The third kappa shape index (κ3) is 3.51. The van der Waals surface area contributed by atoms with E-state index in [4.69, 9.17) is 14.7 Å². The van der Waals surface area contributed by atoms with Gasteiger partial charge >= 0.3 is 5.97 Å². The number of benzene rings is 2. The van der Waals surface area contributed by atoms with Crippen molar-refractivity contribution in [2.24, 2.45) is 0 Å². The molecule has 0 spiro atoms. The zero-order valence-corrected chi connectivity index (χ0v) is 17.6. The zero-order valence-electron chi connectivity index (χ0n) is 17.6. The minimum absolute atomic E-state index is 0.256. The van der Waals surface area contributed by atoms with E-state index in [1.165, 1.54) is 6.20 Å². The normalized spacial score (nSPS) is 11.1. The Labute approximate surface area is 183 Å². The van der Waals surface area contributed by atoms with E-state index in [2.05, 4.69) is 15.4 Å². The first-order valence-corrected chi connectivity index (χ1v) is 10.3. The zero-order chi connectivity index (χ0) is 22.1. The number of ether oxygens (including phenoxy) is 1. The Morgan fingerprint density at radius 1 is 0.938 bits per heavy atom. The molecule has 158 valence electrons. The summed E-state index contributed by atoms with van der Waals surface area (Å²) < 4.78 is 6.82. The maximum Gasteiger partial charge on any atom is 0.343 e. The summed E-state index contributed by atoms with van der Waals surface area (Å²) >= 11 is 0. The fourth-order valence-corrected chi connectivity index (χ4v) is 3.49. The first kappa shape index (κ1) is 19.6. The van der Waals surface area contributed by atoms with Crippen molar-refractivity contribution in [2.45, 2.75) is 13.8 Å². The lowest BCUT2D eigenvalue weighted by atomic mass is 10.2. The molecule has 0 aliphatic rings. The van der Waals surface area contributed by atoms with Gasteiger partial charge in [0.15, 0.2) is 17.5 Å². The van der Waals surface area contributed by atoms with Gasteiger partial charge in [-0.3, -0.25) is 0 Å². The summed E-state index contributed by atoms with van der Waals surface area (Å²) in [5.41, 5.74) is 3.35. The molecule has 5 rings (SSSR count). The predicted octanol–water partition coefficient (Wildman–Crippen LogP) is 4.59. The Kier molecular flexibility index (Phi) is 4.95. The third-order valence-corrected chi connectivity index (χ3v) is 5.05.